The van der Waals surface area contributed by atoms with Crippen LogP contribution in [-0.2, 0) is 0 Å². The van der Waals surface area contributed by atoms with E-state index in [4.69, 9.17) is 23.2 Å². The molecule has 3 aromatic rings. The van der Waals surface area contributed by atoms with E-state index in [1.54, 1.807) is 42.5 Å². The molecule has 2 aromatic carbocycles. The fourth-order valence-corrected chi connectivity index (χ4v) is 2.38. The number of aromatic nitrogens is 1. The van der Waals surface area contributed by atoms with Gasteiger partial charge in [-0.3, -0.25) is 4.79 Å². The Kier molecular flexibility index (Phi) is 5.16. The topological polar surface area (TPSA) is 54.0 Å². The summed E-state index contributed by atoms with van der Waals surface area (Å²) in [5, 5.41) is 6.38. The maximum absolute atomic E-state index is 13.2. The van der Waals surface area contributed by atoms with E-state index in [-0.39, 0.29) is 16.6 Å². The summed E-state index contributed by atoms with van der Waals surface area (Å²) in [5.41, 5.74) is 2.15. The van der Waals surface area contributed by atoms with Crippen LogP contribution < -0.4 is 10.6 Å². The van der Waals surface area contributed by atoms with Crippen molar-refractivity contribution < 1.29 is 9.18 Å². The van der Waals surface area contributed by atoms with E-state index in [0.29, 0.717) is 22.1 Å². The van der Waals surface area contributed by atoms with Crippen molar-refractivity contribution in [2.45, 2.75) is 0 Å². The van der Waals surface area contributed by atoms with Crippen LogP contribution in [0.3, 0.4) is 0 Å². The van der Waals surface area contributed by atoms with Gasteiger partial charge in [0.1, 0.15) is 11.5 Å². The van der Waals surface area contributed by atoms with Gasteiger partial charge in [-0.2, -0.15) is 0 Å². The molecular weight excluding hydrogens is 364 g/mol. The number of halogens is 3. The number of nitrogens with one attached hydrogen (secondary N) is 2. The molecule has 2 N–H and O–H groups in total. The van der Waals surface area contributed by atoms with Gasteiger partial charge in [-0.15, -0.1) is 0 Å². The zero-order chi connectivity index (χ0) is 17.8. The predicted molar refractivity (Wildman–Crippen MR) is 98.3 cm³/mol. The maximum Gasteiger partial charge on any atom is 0.274 e. The number of nitrogens with zero attached hydrogens (tertiary/aromatic N) is 1. The van der Waals surface area contributed by atoms with Crippen LogP contribution in [0, 0.1) is 5.82 Å². The molecule has 7 heteroatoms. The first-order valence-electron chi connectivity index (χ1n) is 7.26. The van der Waals surface area contributed by atoms with E-state index < -0.39 is 5.82 Å². The fourth-order valence-electron chi connectivity index (χ4n) is 2.07. The van der Waals surface area contributed by atoms with Gasteiger partial charge in [0.2, 0.25) is 0 Å². The minimum Gasteiger partial charge on any atom is -0.354 e. The number of pyridine rings is 1. The van der Waals surface area contributed by atoms with Gasteiger partial charge in [0, 0.05) is 16.4 Å². The molecule has 0 aliphatic heterocycles. The Bertz CT molecular complexity index is 899. The lowest BCUT2D eigenvalue weighted by molar-refractivity contribution is 0.102. The van der Waals surface area contributed by atoms with Crippen molar-refractivity contribution in [3.05, 3.63) is 82.4 Å². The molecule has 0 bridgehead atoms. The first kappa shape index (κ1) is 17.2. The van der Waals surface area contributed by atoms with Gasteiger partial charge in [0.15, 0.2) is 0 Å². The Balaban J connectivity index is 1.67. The van der Waals surface area contributed by atoms with Crippen molar-refractivity contribution in [3.63, 3.8) is 0 Å². The highest BCUT2D eigenvalue weighted by molar-refractivity contribution is 6.31. The molecule has 0 spiro atoms. The third-order valence-corrected chi connectivity index (χ3v) is 3.85. The van der Waals surface area contributed by atoms with E-state index >= 15 is 0 Å². The molecule has 1 amide bonds. The summed E-state index contributed by atoms with van der Waals surface area (Å²) in [5.74, 6) is -0.821. The Morgan fingerprint density at radius 3 is 2.24 bits per heavy atom. The first-order valence-corrected chi connectivity index (χ1v) is 8.02. The van der Waals surface area contributed by atoms with Crippen molar-refractivity contribution in [3.8, 4) is 0 Å². The summed E-state index contributed by atoms with van der Waals surface area (Å²) in [4.78, 5) is 16.3. The Hall–Kier alpha value is -2.63. The number of carbonyl (C=O) groups excluding carboxylic acids is 1. The molecule has 0 radical (unpaired) electrons. The van der Waals surface area contributed by atoms with E-state index in [1.807, 2.05) is 0 Å². The van der Waals surface area contributed by atoms with E-state index in [0.717, 1.165) is 0 Å². The second kappa shape index (κ2) is 7.51. The average Bonchev–Trinajstić information content (AvgIpc) is 2.61. The number of hydrogen-bond acceptors (Lipinski definition) is 3. The summed E-state index contributed by atoms with van der Waals surface area (Å²) in [7, 11) is 0. The molecule has 0 aliphatic rings. The Morgan fingerprint density at radius 1 is 0.920 bits per heavy atom. The lowest BCUT2D eigenvalue weighted by Gasteiger charge is -2.08. The van der Waals surface area contributed by atoms with Crippen molar-refractivity contribution in [1.29, 1.82) is 0 Å². The van der Waals surface area contributed by atoms with Gasteiger partial charge in [-0.05, 0) is 54.6 Å². The van der Waals surface area contributed by atoms with Gasteiger partial charge in [0.25, 0.3) is 5.91 Å². The molecule has 3 rings (SSSR count). The van der Waals surface area contributed by atoms with Gasteiger partial charge in [-0.25, -0.2) is 9.37 Å². The fraction of sp³-hybridized carbons (Fsp3) is 0. The number of hydrogen-bond donors (Lipinski definition) is 2. The summed E-state index contributed by atoms with van der Waals surface area (Å²) in [6.07, 6.45) is 1.51. The van der Waals surface area contributed by atoms with Crippen molar-refractivity contribution in [1.82, 2.24) is 4.98 Å². The molecule has 1 aromatic heterocycles. The van der Waals surface area contributed by atoms with E-state index in [2.05, 4.69) is 15.6 Å². The standard InChI is InChI=1S/C18H12Cl2FN3O/c19-11-1-3-12(4-2-11)24-18(25)17-8-6-14(10-22-17)23-13-5-7-16(21)15(20)9-13/h1-10,23H,(H,24,25). The zero-order valence-corrected chi connectivity index (χ0v) is 14.3. The molecule has 25 heavy (non-hydrogen) atoms. The molecule has 0 saturated heterocycles. The summed E-state index contributed by atoms with van der Waals surface area (Å²) >= 11 is 11.5. The Labute approximate surface area is 153 Å². The highest BCUT2D eigenvalue weighted by Crippen LogP contribution is 2.22. The Morgan fingerprint density at radius 2 is 1.60 bits per heavy atom. The van der Waals surface area contributed by atoms with Gasteiger partial charge < -0.3 is 10.6 Å². The lowest BCUT2D eigenvalue weighted by Crippen LogP contribution is -2.13. The zero-order valence-electron chi connectivity index (χ0n) is 12.8. The molecular formula is C18H12Cl2FN3O. The highest BCUT2D eigenvalue weighted by Gasteiger charge is 2.08. The predicted octanol–water partition coefficient (Wildman–Crippen LogP) is 5.52. The van der Waals surface area contributed by atoms with Gasteiger partial charge in [0.05, 0.1) is 16.9 Å². The molecule has 0 fully saturated rings. The lowest BCUT2D eigenvalue weighted by atomic mass is 10.2. The third-order valence-electron chi connectivity index (χ3n) is 3.31. The number of carbonyl (C=O) groups is 1. The maximum atomic E-state index is 13.2. The van der Waals surface area contributed by atoms with Crippen LogP contribution in [0.1, 0.15) is 10.5 Å². The molecule has 0 atom stereocenters. The van der Waals surface area contributed by atoms with Crippen LogP contribution in [0.5, 0.6) is 0 Å². The van der Waals surface area contributed by atoms with E-state index in [9.17, 15) is 9.18 Å². The number of anilines is 3. The minimum atomic E-state index is -0.487. The third kappa shape index (κ3) is 4.47. The minimum absolute atomic E-state index is 0.0249. The van der Waals surface area contributed by atoms with Crippen molar-refractivity contribution in [2.75, 3.05) is 10.6 Å². The van der Waals surface area contributed by atoms with Crippen LogP contribution in [-0.4, -0.2) is 10.9 Å². The normalized spacial score (nSPS) is 10.4. The number of benzene rings is 2. The second-order valence-electron chi connectivity index (χ2n) is 5.15. The van der Waals surface area contributed by atoms with Crippen molar-refractivity contribution in [2.24, 2.45) is 0 Å². The SMILES string of the molecule is O=C(Nc1ccc(Cl)cc1)c1ccc(Nc2ccc(F)c(Cl)c2)cn1. The molecule has 1 heterocycles. The summed E-state index contributed by atoms with van der Waals surface area (Å²) in [6, 6.07) is 14.4. The molecule has 0 aliphatic carbocycles. The van der Waals surface area contributed by atoms with Crippen LogP contribution in [0.4, 0.5) is 21.5 Å². The van der Waals surface area contributed by atoms with Crippen LogP contribution in [0.2, 0.25) is 10.0 Å². The second-order valence-corrected chi connectivity index (χ2v) is 5.99. The average molecular weight is 376 g/mol. The highest BCUT2D eigenvalue weighted by atomic mass is 35.5. The first-order chi connectivity index (χ1) is 12.0. The smallest absolute Gasteiger partial charge is 0.274 e. The number of rotatable bonds is 4. The molecule has 0 saturated carbocycles. The van der Waals surface area contributed by atoms with Gasteiger partial charge in [-0.1, -0.05) is 23.2 Å². The molecule has 0 unspecified atom stereocenters. The summed E-state index contributed by atoms with van der Waals surface area (Å²) in [6.45, 7) is 0. The molecule has 126 valence electrons. The van der Waals surface area contributed by atoms with Crippen molar-refractivity contribution >= 4 is 46.2 Å². The molecule has 4 nitrogen and oxygen atoms in total. The summed E-state index contributed by atoms with van der Waals surface area (Å²) < 4.78 is 13.2. The van der Waals surface area contributed by atoms with Crippen LogP contribution in [0.15, 0.2) is 60.8 Å². The monoisotopic (exact) mass is 375 g/mol. The van der Waals surface area contributed by atoms with Crippen LogP contribution >= 0.6 is 23.2 Å². The van der Waals surface area contributed by atoms with E-state index in [1.165, 1.54) is 18.3 Å². The largest absolute Gasteiger partial charge is 0.354 e. The quantitative estimate of drug-likeness (QED) is 0.630. The van der Waals surface area contributed by atoms with Gasteiger partial charge >= 0.3 is 0 Å². The number of amides is 1. The van der Waals surface area contributed by atoms with Crippen LogP contribution in [0.25, 0.3) is 0 Å².